The number of ether oxygens (including phenoxy) is 1. The molecule has 0 heterocycles. The number of amides is 2. The quantitative estimate of drug-likeness (QED) is 0.560. The molecule has 0 spiro atoms. The summed E-state index contributed by atoms with van der Waals surface area (Å²) < 4.78 is 5.69. The molecule has 0 radical (unpaired) electrons. The summed E-state index contributed by atoms with van der Waals surface area (Å²) in [6.07, 6.45) is 1.38. The van der Waals surface area contributed by atoms with Crippen LogP contribution in [-0.2, 0) is 22.6 Å². The number of aryl methyl sites for hydroxylation is 1. The first kappa shape index (κ1) is 24.0. The number of halogens is 2. The third kappa shape index (κ3) is 6.38. The van der Waals surface area contributed by atoms with Crippen molar-refractivity contribution in [3.63, 3.8) is 0 Å². The molecule has 0 saturated heterocycles. The van der Waals surface area contributed by atoms with Crippen molar-refractivity contribution in [1.29, 1.82) is 0 Å². The van der Waals surface area contributed by atoms with E-state index in [-0.39, 0.29) is 25.0 Å². The van der Waals surface area contributed by atoms with Gasteiger partial charge in [0.25, 0.3) is 5.91 Å². The van der Waals surface area contributed by atoms with E-state index in [4.69, 9.17) is 27.9 Å². The lowest BCUT2D eigenvalue weighted by molar-refractivity contribution is -0.142. The van der Waals surface area contributed by atoms with E-state index in [0.717, 1.165) is 6.42 Å². The van der Waals surface area contributed by atoms with Crippen LogP contribution in [-0.4, -0.2) is 35.9 Å². The van der Waals surface area contributed by atoms with Crippen LogP contribution >= 0.6 is 23.2 Å². The predicted molar refractivity (Wildman–Crippen MR) is 121 cm³/mol. The van der Waals surface area contributed by atoms with Crippen LogP contribution < -0.4 is 10.1 Å². The maximum atomic E-state index is 13.1. The highest BCUT2D eigenvalue weighted by molar-refractivity contribution is 6.36. The van der Waals surface area contributed by atoms with Gasteiger partial charge in [-0.3, -0.25) is 9.59 Å². The van der Waals surface area contributed by atoms with E-state index in [1.165, 1.54) is 10.5 Å². The van der Waals surface area contributed by atoms with E-state index in [1.54, 1.807) is 18.2 Å². The Kier molecular flexibility index (Phi) is 9.47. The molecule has 0 aliphatic heterocycles. The van der Waals surface area contributed by atoms with Crippen LogP contribution in [0.25, 0.3) is 0 Å². The Bertz CT molecular complexity index is 836. The van der Waals surface area contributed by atoms with E-state index < -0.39 is 6.04 Å². The van der Waals surface area contributed by atoms with Gasteiger partial charge in [-0.2, -0.15) is 0 Å². The maximum Gasteiger partial charge on any atom is 0.261 e. The van der Waals surface area contributed by atoms with E-state index in [1.807, 2.05) is 38.1 Å². The average molecular weight is 451 g/mol. The standard InChI is InChI=1S/C23H28Cl2N2O3/c1-4-16-10-12-17(13-11-16)30-15-22(28)27(21(5-2)23(29)26-6-3)14-18-19(24)8-7-9-20(18)25/h7-13,21H,4-6,14-15H2,1-3H3,(H,26,29). The van der Waals surface area contributed by atoms with Crippen LogP contribution in [0.15, 0.2) is 42.5 Å². The molecule has 1 atom stereocenters. The number of carbonyl (C=O) groups is 2. The summed E-state index contributed by atoms with van der Waals surface area (Å²) in [6.45, 7) is 6.17. The monoisotopic (exact) mass is 450 g/mol. The molecule has 0 aliphatic carbocycles. The zero-order chi connectivity index (χ0) is 22.1. The Morgan fingerprint density at radius 2 is 1.67 bits per heavy atom. The van der Waals surface area contributed by atoms with Crippen LogP contribution in [0.3, 0.4) is 0 Å². The van der Waals surface area contributed by atoms with Gasteiger partial charge in [-0.05, 0) is 49.6 Å². The predicted octanol–water partition coefficient (Wildman–Crippen LogP) is 4.88. The van der Waals surface area contributed by atoms with Crippen LogP contribution in [0, 0.1) is 0 Å². The smallest absolute Gasteiger partial charge is 0.261 e. The maximum absolute atomic E-state index is 13.1. The largest absolute Gasteiger partial charge is 0.484 e. The van der Waals surface area contributed by atoms with E-state index >= 15 is 0 Å². The number of hydrogen-bond acceptors (Lipinski definition) is 3. The molecule has 2 rings (SSSR count). The van der Waals surface area contributed by atoms with Crippen LogP contribution in [0.2, 0.25) is 10.0 Å². The SMILES string of the molecule is CCNC(=O)C(CC)N(Cc1c(Cl)cccc1Cl)C(=O)COc1ccc(CC)cc1. The lowest BCUT2D eigenvalue weighted by Crippen LogP contribution is -2.50. The van der Waals surface area contributed by atoms with Gasteiger partial charge in [-0.1, -0.05) is 55.2 Å². The molecule has 5 nitrogen and oxygen atoms in total. The van der Waals surface area contributed by atoms with Gasteiger partial charge < -0.3 is 15.0 Å². The van der Waals surface area contributed by atoms with Crippen LogP contribution in [0.4, 0.5) is 0 Å². The molecule has 1 unspecified atom stereocenters. The summed E-state index contributed by atoms with van der Waals surface area (Å²) in [7, 11) is 0. The normalized spacial score (nSPS) is 11.6. The highest BCUT2D eigenvalue weighted by Crippen LogP contribution is 2.27. The Morgan fingerprint density at radius 1 is 1.03 bits per heavy atom. The van der Waals surface area contributed by atoms with E-state index in [2.05, 4.69) is 12.2 Å². The molecule has 0 aromatic heterocycles. The Hall–Kier alpha value is -2.24. The Labute approximate surface area is 188 Å². The minimum Gasteiger partial charge on any atom is -0.484 e. The molecule has 0 fully saturated rings. The molecule has 2 amide bonds. The Balaban J connectivity index is 2.24. The second-order valence-electron chi connectivity index (χ2n) is 6.83. The van der Waals surface area contributed by atoms with Gasteiger partial charge in [0.05, 0.1) is 0 Å². The van der Waals surface area contributed by atoms with Gasteiger partial charge in [-0.15, -0.1) is 0 Å². The molecule has 0 aliphatic rings. The molecule has 0 saturated carbocycles. The van der Waals surface area contributed by atoms with Gasteiger partial charge >= 0.3 is 0 Å². The van der Waals surface area contributed by atoms with Crippen molar-refractivity contribution in [3.8, 4) is 5.75 Å². The van der Waals surface area contributed by atoms with Gasteiger partial charge in [0, 0.05) is 28.7 Å². The van der Waals surface area contributed by atoms with Crippen molar-refractivity contribution in [2.75, 3.05) is 13.2 Å². The van der Waals surface area contributed by atoms with Gasteiger partial charge in [-0.25, -0.2) is 0 Å². The van der Waals surface area contributed by atoms with Crippen molar-refractivity contribution in [2.45, 2.75) is 46.2 Å². The summed E-state index contributed by atoms with van der Waals surface area (Å²) in [5.74, 6) is 0.0646. The summed E-state index contributed by atoms with van der Waals surface area (Å²) in [4.78, 5) is 27.2. The van der Waals surface area contributed by atoms with Crippen molar-refractivity contribution >= 4 is 35.0 Å². The van der Waals surface area contributed by atoms with Gasteiger partial charge in [0.15, 0.2) is 6.61 Å². The molecule has 2 aromatic carbocycles. The number of benzene rings is 2. The third-order valence-corrected chi connectivity index (χ3v) is 5.53. The molecule has 2 aromatic rings. The van der Waals surface area contributed by atoms with Gasteiger partial charge in [0.2, 0.25) is 5.91 Å². The van der Waals surface area contributed by atoms with Crippen molar-refractivity contribution in [3.05, 3.63) is 63.6 Å². The van der Waals surface area contributed by atoms with Gasteiger partial charge in [0.1, 0.15) is 11.8 Å². The zero-order valence-electron chi connectivity index (χ0n) is 17.6. The molecule has 30 heavy (non-hydrogen) atoms. The Morgan fingerprint density at radius 3 is 2.20 bits per heavy atom. The second kappa shape index (κ2) is 11.8. The fourth-order valence-corrected chi connectivity index (χ4v) is 3.63. The second-order valence-corrected chi connectivity index (χ2v) is 7.64. The minimum atomic E-state index is -0.657. The van der Waals surface area contributed by atoms with Crippen LogP contribution in [0.1, 0.15) is 38.3 Å². The lowest BCUT2D eigenvalue weighted by atomic mass is 10.1. The fraction of sp³-hybridized carbons (Fsp3) is 0.391. The summed E-state index contributed by atoms with van der Waals surface area (Å²) >= 11 is 12.6. The highest BCUT2D eigenvalue weighted by atomic mass is 35.5. The molecule has 0 bridgehead atoms. The van der Waals surface area contributed by atoms with E-state index in [0.29, 0.717) is 34.3 Å². The average Bonchev–Trinajstić information content (AvgIpc) is 2.74. The molecule has 7 heteroatoms. The van der Waals surface area contributed by atoms with Crippen molar-refractivity contribution in [2.24, 2.45) is 0 Å². The first-order valence-electron chi connectivity index (χ1n) is 10.1. The zero-order valence-corrected chi connectivity index (χ0v) is 19.1. The fourth-order valence-electron chi connectivity index (χ4n) is 3.11. The number of carbonyl (C=O) groups excluding carboxylic acids is 2. The molecule has 1 N–H and O–H groups in total. The minimum absolute atomic E-state index is 0.116. The first-order chi connectivity index (χ1) is 14.4. The number of nitrogens with zero attached hydrogens (tertiary/aromatic N) is 1. The van der Waals surface area contributed by atoms with E-state index in [9.17, 15) is 9.59 Å². The number of nitrogens with one attached hydrogen (secondary N) is 1. The number of rotatable bonds is 10. The number of likely N-dealkylation sites (N-methyl/N-ethyl adjacent to an activating group) is 1. The van der Waals surface area contributed by atoms with Crippen LogP contribution in [0.5, 0.6) is 5.75 Å². The topological polar surface area (TPSA) is 58.6 Å². The first-order valence-corrected chi connectivity index (χ1v) is 10.9. The molecule has 162 valence electrons. The lowest BCUT2D eigenvalue weighted by Gasteiger charge is -2.31. The third-order valence-electron chi connectivity index (χ3n) is 4.82. The highest BCUT2D eigenvalue weighted by Gasteiger charge is 2.29. The summed E-state index contributed by atoms with van der Waals surface area (Å²) in [6, 6.07) is 12.1. The summed E-state index contributed by atoms with van der Waals surface area (Å²) in [5.41, 5.74) is 1.79. The van der Waals surface area contributed by atoms with Crippen molar-refractivity contribution in [1.82, 2.24) is 10.2 Å². The number of hydrogen-bond donors (Lipinski definition) is 1. The van der Waals surface area contributed by atoms with Crippen molar-refractivity contribution < 1.29 is 14.3 Å². The summed E-state index contributed by atoms with van der Waals surface area (Å²) in [5, 5.41) is 3.69. The molecular formula is C23H28Cl2N2O3. The molecular weight excluding hydrogens is 423 g/mol.